The molecule has 0 saturated carbocycles. The molecule has 0 saturated heterocycles. The van der Waals surface area contributed by atoms with Crippen molar-refractivity contribution in [2.45, 2.75) is 13.8 Å². The molecule has 15 nitrogen and oxygen atoms in total. The summed E-state index contributed by atoms with van der Waals surface area (Å²) in [6.45, 7) is 3.36. The number of rotatable bonds is 7. The van der Waals surface area contributed by atoms with Gasteiger partial charge in [-0.1, -0.05) is 12.1 Å². The quantitative estimate of drug-likeness (QED) is 0.0881. The highest BCUT2D eigenvalue weighted by atomic mass is 19.1. The third-order valence-electron chi connectivity index (χ3n) is 11.5. The number of nitrogens with one attached hydrogen (secondary N) is 1. The van der Waals surface area contributed by atoms with E-state index in [4.69, 9.17) is 17.2 Å². The van der Waals surface area contributed by atoms with Crippen LogP contribution in [0.1, 0.15) is 59.3 Å². The van der Waals surface area contributed by atoms with Crippen LogP contribution in [0, 0.1) is 69.6 Å². The summed E-state index contributed by atoms with van der Waals surface area (Å²) in [5.41, 5.74) is 26.1. The summed E-state index contributed by atoms with van der Waals surface area (Å²) in [6.07, 6.45) is 0. The molecule has 0 spiro atoms. The molecule has 0 aliphatic carbocycles. The Labute approximate surface area is 391 Å². The van der Waals surface area contributed by atoms with E-state index >= 15 is 0 Å². The molecule has 340 valence electrons. The number of nitrogens with zero attached hydrogens (tertiary/aromatic N) is 6. The zero-order valence-electron chi connectivity index (χ0n) is 37.2. The molecule has 3 heterocycles. The van der Waals surface area contributed by atoms with Gasteiger partial charge in [0.05, 0.1) is 56.4 Å². The fourth-order valence-corrected chi connectivity index (χ4v) is 8.11. The SMILES string of the molecule is Cc1cc(-c2cc(C#N)cc3cc(C(N)=O)[nH]c23)ccc1F.Cc1cc(-c2cc(C#N)cc3cc(C(N)=O)n(C)c23)ccc1F.Cn1c(C(N)=O)cc2cc(C#N)cc(-c3ccc([N+](=O)[O-])cc3)c21. The second kappa shape index (κ2) is 18.9. The highest BCUT2D eigenvalue weighted by Crippen LogP contribution is 2.35. The monoisotopic (exact) mass is 920 g/mol. The number of aromatic amines is 1. The maximum absolute atomic E-state index is 13.5. The van der Waals surface area contributed by atoms with Crippen LogP contribution >= 0.6 is 0 Å². The number of carbonyl (C=O) groups is 3. The molecule has 3 amide bonds. The summed E-state index contributed by atoms with van der Waals surface area (Å²) in [7, 11) is 3.46. The topological polar surface area (TPSA) is 269 Å². The molecule has 69 heavy (non-hydrogen) atoms. The van der Waals surface area contributed by atoms with E-state index in [0.29, 0.717) is 66.6 Å². The molecular formula is C52H38F2N10O5. The zero-order valence-corrected chi connectivity index (χ0v) is 37.2. The summed E-state index contributed by atoms with van der Waals surface area (Å²) in [5, 5.41) is 40.6. The minimum absolute atomic E-state index is 0.0175. The van der Waals surface area contributed by atoms with Crippen molar-refractivity contribution in [3.05, 3.63) is 182 Å². The number of nitriles is 3. The smallest absolute Gasteiger partial charge is 0.269 e. The van der Waals surface area contributed by atoms with Crippen LogP contribution in [0.2, 0.25) is 0 Å². The maximum Gasteiger partial charge on any atom is 0.269 e. The van der Waals surface area contributed by atoms with E-state index in [1.54, 1.807) is 128 Å². The van der Waals surface area contributed by atoms with Gasteiger partial charge < -0.3 is 31.3 Å². The van der Waals surface area contributed by atoms with Crippen molar-refractivity contribution in [1.82, 2.24) is 14.1 Å². The molecule has 9 aromatic rings. The highest BCUT2D eigenvalue weighted by molar-refractivity contribution is 6.05. The number of hydrogen-bond donors (Lipinski definition) is 4. The molecule has 6 aromatic carbocycles. The van der Waals surface area contributed by atoms with Crippen molar-refractivity contribution in [3.8, 4) is 51.6 Å². The van der Waals surface area contributed by atoms with Gasteiger partial charge in [0.25, 0.3) is 23.4 Å². The number of halogens is 2. The number of amides is 3. The van der Waals surface area contributed by atoms with Gasteiger partial charge in [-0.3, -0.25) is 24.5 Å². The number of non-ortho nitro benzene ring substituents is 1. The number of benzene rings is 6. The van der Waals surface area contributed by atoms with Gasteiger partial charge in [0.15, 0.2) is 0 Å². The summed E-state index contributed by atoms with van der Waals surface area (Å²) >= 11 is 0. The number of primary amides is 3. The average molecular weight is 921 g/mol. The van der Waals surface area contributed by atoms with E-state index in [2.05, 4.69) is 23.2 Å². The fourth-order valence-electron chi connectivity index (χ4n) is 8.11. The highest BCUT2D eigenvalue weighted by Gasteiger charge is 2.19. The number of nitro benzene ring substituents is 1. The first kappa shape index (κ1) is 47.1. The summed E-state index contributed by atoms with van der Waals surface area (Å²) in [6, 6.07) is 36.9. The second-order valence-corrected chi connectivity index (χ2v) is 15.9. The van der Waals surface area contributed by atoms with Gasteiger partial charge in [-0.15, -0.1) is 0 Å². The van der Waals surface area contributed by atoms with Gasteiger partial charge in [-0.05, 0) is 133 Å². The molecular weight excluding hydrogens is 883 g/mol. The molecule has 0 bridgehead atoms. The van der Waals surface area contributed by atoms with Crippen LogP contribution in [-0.2, 0) is 14.1 Å². The molecule has 3 aromatic heterocycles. The van der Waals surface area contributed by atoms with E-state index in [-0.39, 0.29) is 23.0 Å². The molecule has 0 fully saturated rings. The predicted octanol–water partition coefficient (Wildman–Crippen LogP) is 9.24. The fraction of sp³-hybridized carbons (Fsp3) is 0.0769. The number of aromatic nitrogens is 3. The lowest BCUT2D eigenvalue weighted by atomic mass is 9.98. The van der Waals surface area contributed by atoms with Gasteiger partial charge in [0.2, 0.25) is 0 Å². The lowest BCUT2D eigenvalue weighted by Crippen LogP contribution is -2.15. The molecule has 9 rings (SSSR count). The van der Waals surface area contributed by atoms with Crippen molar-refractivity contribution in [3.63, 3.8) is 0 Å². The van der Waals surface area contributed by atoms with Crippen molar-refractivity contribution in [1.29, 1.82) is 15.8 Å². The Balaban J connectivity index is 0.000000153. The third-order valence-corrected chi connectivity index (χ3v) is 11.5. The molecule has 0 aliphatic rings. The lowest BCUT2D eigenvalue weighted by molar-refractivity contribution is -0.384. The van der Waals surface area contributed by atoms with Gasteiger partial charge in [-0.25, -0.2) is 8.78 Å². The third kappa shape index (κ3) is 9.31. The normalized spacial score (nSPS) is 10.6. The van der Waals surface area contributed by atoms with Gasteiger partial charge >= 0.3 is 0 Å². The Morgan fingerprint density at radius 2 is 0.971 bits per heavy atom. The lowest BCUT2D eigenvalue weighted by Gasteiger charge is -2.10. The largest absolute Gasteiger partial charge is 0.364 e. The number of fused-ring (bicyclic) bond motifs is 3. The first-order chi connectivity index (χ1) is 32.8. The van der Waals surface area contributed by atoms with Crippen LogP contribution in [0.25, 0.3) is 66.1 Å². The second-order valence-electron chi connectivity index (χ2n) is 15.9. The molecule has 0 unspecified atom stereocenters. The van der Waals surface area contributed by atoms with E-state index in [0.717, 1.165) is 38.7 Å². The molecule has 17 heteroatoms. The maximum atomic E-state index is 13.5. The Morgan fingerprint density at radius 1 is 0.565 bits per heavy atom. The predicted molar refractivity (Wildman–Crippen MR) is 256 cm³/mol. The van der Waals surface area contributed by atoms with Crippen molar-refractivity contribution in [2.24, 2.45) is 31.3 Å². The molecule has 7 N–H and O–H groups in total. The Hall–Kier alpha value is -9.92. The van der Waals surface area contributed by atoms with Crippen LogP contribution in [0.4, 0.5) is 14.5 Å². The number of hydrogen-bond acceptors (Lipinski definition) is 8. The zero-order chi connectivity index (χ0) is 50.0. The number of nitrogens with two attached hydrogens (primary N) is 3. The van der Waals surface area contributed by atoms with Crippen LogP contribution in [0.5, 0.6) is 0 Å². The molecule has 0 radical (unpaired) electrons. The van der Waals surface area contributed by atoms with Gasteiger partial charge in [-0.2, -0.15) is 15.8 Å². The standard InChI is InChI=1S/C18H14FN3O.C17H12FN3O.C17H12N4O3/c1-10-5-12(3-4-15(10)19)14-7-11(9-20)6-13-8-16(18(21)23)22(2)17(13)14;1-9-4-11(2-3-14(9)18)13-6-10(8-19)5-12-7-15(17(20)22)21-16(12)13;1-20-15(17(19)22)8-12-6-10(9-18)7-14(16(12)20)11-2-4-13(5-3-11)21(23)24/h3-8H,1-2H3,(H2,21,23);2-7,21H,1H3,(H2,20,22);2-8H,1H3,(H2,19,22). The van der Waals surface area contributed by atoms with Crippen LogP contribution in [0.15, 0.2) is 115 Å². The van der Waals surface area contributed by atoms with Crippen molar-refractivity contribution >= 4 is 56.1 Å². The molecule has 0 aliphatic heterocycles. The van der Waals surface area contributed by atoms with Gasteiger partial charge in [0.1, 0.15) is 28.7 Å². The molecule has 0 atom stereocenters. The van der Waals surface area contributed by atoms with E-state index in [1.807, 2.05) is 0 Å². The minimum atomic E-state index is -0.573. The number of nitro groups is 1. The Morgan fingerprint density at radius 3 is 1.38 bits per heavy atom. The van der Waals surface area contributed by atoms with Crippen LogP contribution < -0.4 is 17.2 Å². The summed E-state index contributed by atoms with van der Waals surface area (Å²) < 4.78 is 30.4. The number of carbonyl (C=O) groups excluding carboxylic acids is 3. The van der Waals surface area contributed by atoms with E-state index in [9.17, 15) is 49.1 Å². The minimum Gasteiger partial charge on any atom is -0.364 e. The van der Waals surface area contributed by atoms with E-state index < -0.39 is 22.6 Å². The summed E-state index contributed by atoms with van der Waals surface area (Å²) in [4.78, 5) is 47.8. The van der Waals surface area contributed by atoms with Gasteiger partial charge in [0, 0.05) is 59.1 Å². The Kier molecular flexibility index (Phi) is 12.9. The first-order valence-corrected chi connectivity index (χ1v) is 20.6. The van der Waals surface area contributed by atoms with Crippen LogP contribution in [-0.4, -0.2) is 36.8 Å². The number of H-pyrrole nitrogens is 1. The average Bonchev–Trinajstić information content (AvgIpc) is 4.03. The first-order valence-electron chi connectivity index (χ1n) is 20.6. The van der Waals surface area contributed by atoms with Crippen LogP contribution in [0.3, 0.4) is 0 Å². The summed E-state index contributed by atoms with van der Waals surface area (Å²) in [5.74, 6) is -2.26. The van der Waals surface area contributed by atoms with E-state index in [1.165, 1.54) is 24.3 Å². The van der Waals surface area contributed by atoms with Crippen molar-refractivity contribution < 1.29 is 28.1 Å². The number of aryl methyl sites for hydroxylation is 4. The van der Waals surface area contributed by atoms with Crippen molar-refractivity contribution in [2.75, 3.05) is 0 Å². The Bertz CT molecular complexity index is 3750.